The Morgan fingerprint density at radius 3 is 2.47 bits per heavy atom. The highest BCUT2D eigenvalue weighted by atomic mass is 35.5. The Morgan fingerprint density at radius 1 is 1.10 bits per heavy atom. The monoisotopic (exact) mass is 443 g/mol. The van der Waals surface area contributed by atoms with Crippen LogP contribution in [0.15, 0.2) is 71.9 Å². The minimum absolute atomic E-state index is 0.0225. The maximum absolute atomic E-state index is 13.2. The zero-order valence-electron chi connectivity index (χ0n) is 16.7. The van der Waals surface area contributed by atoms with Crippen LogP contribution in [0.25, 0.3) is 0 Å². The molecule has 0 saturated heterocycles. The zero-order valence-corrected chi connectivity index (χ0v) is 18.2. The highest BCUT2D eigenvalue weighted by molar-refractivity contribution is 7.89. The molecule has 0 bridgehead atoms. The summed E-state index contributed by atoms with van der Waals surface area (Å²) in [7, 11) is -3.94. The molecule has 0 fully saturated rings. The summed E-state index contributed by atoms with van der Waals surface area (Å²) >= 11 is 5.93. The van der Waals surface area contributed by atoms with Gasteiger partial charge in [0.1, 0.15) is 4.90 Å². The minimum Gasteiger partial charge on any atom is -0.325 e. The molecule has 0 unspecified atom stereocenters. The summed E-state index contributed by atoms with van der Waals surface area (Å²) in [6.07, 6.45) is 2.77. The van der Waals surface area contributed by atoms with Crippen LogP contribution in [0.5, 0.6) is 0 Å². The van der Waals surface area contributed by atoms with E-state index in [2.05, 4.69) is 10.3 Å². The predicted octanol–water partition coefficient (Wildman–Crippen LogP) is 4.18. The summed E-state index contributed by atoms with van der Waals surface area (Å²) in [4.78, 5) is 16.6. The summed E-state index contributed by atoms with van der Waals surface area (Å²) in [5.74, 6) is -0.427. The lowest BCUT2D eigenvalue weighted by atomic mass is 10.1. The maximum Gasteiger partial charge on any atom is 0.245 e. The van der Waals surface area contributed by atoms with Crippen molar-refractivity contribution in [2.24, 2.45) is 0 Å². The van der Waals surface area contributed by atoms with Crippen LogP contribution < -0.4 is 5.32 Å². The van der Waals surface area contributed by atoms with E-state index < -0.39 is 15.9 Å². The van der Waals surface area contributed by atoms with Crippen molar-refractivity contribution in [1.82, 2.24) is 9.29 Å². The number of pyridine rings is 1. The molecule has 3 aromatic rings. The van der Waals surface area contributed by atoms with Gasteiger partial charge in [0.2, 0.25) is 15.9 Å². The highest BCUT2D eigenvalue weighted by Crippen LogP contribution is 2.20. The minimum atomic E-state index is -3.94. The van der Waals surface area contributed by atoms with Crippen LogP contribution in [0.1, 0.15) is 16.7 Å². The van der Waals surface area contributed by atoms with E-state index in [0.29, 0.717) is 16.3 Å². The highest BCUT2D eigenvalue weighted by Gasteiger charge is 2.27. The summed E-state index contributed by atoms with van der Waals surface area (Å²) < 4.78 is 27.5. The molecule has 1 N–H and O–H groups in total. The third-order valence-electron chi connectivity index (χ3n) is 4.52. The molecular formula is C22H22ClN3O3S. The number of halogens is 1. The number of hydrogen-bond donors (Lipinski definition) is 1. The second-order valence-corrected chi connectivity index (χ2v) is 9.33. The number of benzene rings is 2. The number of carbonyl (C=O) groups excluding carboxylic acids is 1. The zero-order chi connectivity index (χ0) is 21.7. The first-order valence-electron chi connectivity index (χ1n) is 9.27. The molecule has 0 atom stereocenters. The number of sulfonamides is 1. The van der Waals surface area contributed by atoms with E-state index >= 15 is 0 Å². The standard InChI is InChI=1S/C22H22ClN3O3S/c1-16-5-10-21(17(2)12-16)25-22(27)15-26(14-18-6-8-19(23)9-7-18)30(28,29)20-4-3-11-24-13-20/h3-13H,14-15H2,1-2H3,(H,25,27). The fourth-order valence-electron chi connectivity index (χ4n) is 2.97. The fourth-order valence-corrected chi connectivity index (χ4v) is 4.45. The first-order valence-corrected chi connectivity index (χ1v) is 11.1. The number of aryl methyl sites for hydroxylation is 2. The van der Waals surface area contributed by atoms with E-state index in [1.807, 2.05) is 32.0 Å². The smallest absolute Gasteiger partial charge is 0.245 e. The molecule has 1 heterocycles. The SMILES string of the molecule is Cc1ccc(NC(=O)CN(Cc2ccc(Cl)cc2)S(=O)(=O)c2cccnc2)c(C)c1. The third kappa shape index (κ3) is 5.44. The molecule has 1 aromatic heterocycles. The lowest BCUT2D eigenvalue weighted by Gasteiger charge is -2.22. The van der Waals surface area contributed by atoms with Gasteiger partial charge in [0, 0.05) is 29.6 Å². The van der Waals surface area contributed by atoms with Crippen LogP contribution >= 0.6 is 11.6 Å². The van der Waals surface area contributed by atoms with Gasteiger partial charge in [-0.3, -0.25) is 9.78 Å². The average molecular weight is 444 g/mol. The number of amides is 1. The number of carbonyl (C=O) groups is 1. The first kappa shape index (κ1) is 22.0. The molecule has 0 radical (unpaired) electrons. The van der Waals surface area contributed by atoms with Crippen molar-refractivity contribution >= 4 is 33.2 Å². The Balaban J connectivity index is 1.86. The molecule has 0 aliphatic rings. The molecule has 30 heavy (non-hydrogen) atoms. The molecule has 6 nitrogen and oxygen atoms in total. The van der Waals surface area contributed by atoms with Crippen molar-refractivity contribution in [2.75, 3.05) is 11.9 Å². The van der Waals surface area contributed by atoms with Crippen LogP contribution in [0, 0.1) is 13.8 Å². The van der Waals surface area contributed by atoms with Gasteiger partial charge in [-0.1, -0.05) is 41.4 Å². The molecule has 0 spiro atoms. The number of anilines is 1. The van der Waals surface area contributed by atoms with Gasteiger partial charge in [-0.15, -0.1) is 0 Å². The topological polar surface area (TPSA) is 79.4 Å². The molecule has 0 aliphatic carbocycles. The number of aromatic nitrogens is 1. The van der Waals surface area contributed by atoms with E-state index in [0.717, 1.165) is 15.4 Å². The summed E-state index contributed by atoms with van der Waals surface area (Å²) in [6, 6.07) is 15.5. The average Bonchev–Trinajstić information content (AvgIpc) is 2.72. The van der Waals surface area contributed by atoms with E-state index in [-0.39, 0.29) is 18.0 Å². The van der Waals surface area contributed by atoms with Crippen LogP contribution in [0.4, 0.5) is 5.69 Å². The third-order valence-corrected chi connectivity index (χ3v) is 6.55. The van der Waals surface area contributed by atoms with Crippen molar-refractivity contribution in [3.05, 3.63) is 88.7 Å². The van der Waals surface area contributed by atoms with Gasteiger partial charge in [0.25, 0.3) is 0 Å². The molecule has 1 amide bonds. The number of nitrogens with one attached hydrogen (secondary N) is 1. The number of rotatable bonds is 7. The van der Waals surface area contributed by atoms with Crippen molar-refractivity contribution in [3.63, 3.8) is 0 Å². The Bertz CT molecular complexity index is 1130. The summed E-state index contributed by atoms with van der Waals surface area (Å²) in [6.45, 7) is 3.54. The van der Waals surface area contributed by atoms with E-state index in [1.165, 1.54) is 18.5 Å². The molecular weight excluding hydrogens is 422 g/mol. The second-order valence-electron chi connectivity index (χ2n) is 6.95. The molecule has 0 aliphatic heterocycles. The van der Waals surface area contributed by atoms with Crippen LogP contribution in [-0.4, -0.2) is 30.2 Å². The van der Waals surface area contributed by atoms with Crippen molar-refractivity contribution in [1.29, 1.82) is 0 Å². The van der Waals surface area contributed by atoms with Gasteiger partial charge >= 0.3 is 0 Å². The van der Waals surface area contributed by atoms with E-state index in [1.54, 1.807) is 30.3 Å². The molecule has 3 rings (SSSR count). The Morgan fingerprint density at radius 2 is 1.83 bits per heavy atom. The summed E-state index contributed by atoms with van der Waals surface area (Å²) in [5, 5.41) is 3.35. The van der Waals surface area contributed by atoms with Crippen molar-refractivity contribution in [2.45, 2.75) is 25.3 Å². The first-order chi connectivity index (χ1) is 14.3. The molecule has 156 valence electrons. The van der Waals surface area contributed by atoms with Gasteiger partial charge < -0.3 is 5.32 Å². The van der Waals surface area contributed by atoms with Gasteiger partial charge in [0.05, 0.1) is 6.54 Å². The lowest BCUT2D eigenvalue weighted by molar-refractivity contribution is -0.116. The Kier molecular flexibility index (Phi) is 6.87. The lowest BCUT2D eigenvalue weighted by Crippen LogP contribution is -2.37. The largest absolute Gasteiger partial charge is 0.325 e. The van der Waals surface area contributed by atoms with Crippen LogP contribution in [-0.2, 0) is 21.4 Å². The number of hydrogen-bond acceptors (Lipinski definition) is 4. The van der Waals surface area contributed by atoms with Gasteiger partial charge in [0.15, 0.2) is 0 Å². The fraction of sp³-hybridized carbons (Fsp3) is 0.182. The van der Waals surface area contributed by atoms with Crippen molar-refractivity contribution < 1.29 is 13.2 Å². The van der Waals surface area contributed by atoms with Crippen molar-refractivity contribution in [3.8, 4) is 0 Å². The quantitative estimate of drug-likeness (QED) is 0.594. The second kappa shape index (κ2) is 9.38. The maximum atomic E-state index is 13.2. The molecule has 0 saturated carbocycles. The van der Waals surface area contributed by atoms with E-state index in [9.17, 15) is 13.2 Å². The normalized spacial score (nSPS) is 11.5. The summed E-state index contributed by atoms with van der Waals surface area (Å²) in [5.41, 5.74) is 3.35. The molecule has 2 aromatic carbocycles. The van der Waals surface area contributed by atoms with Gasteiger partial charge in [-0.25, -0.2) is 8.42 Å². The predicted molar refractivity (Wildman–Crippen MR) is 118 cm³/mol. The number of nitrogens with zero attached hydrogens (tertiary/aromatic N) is 2. The van der Waals surface area contributed by atoms with Gasteiger partial charge in [-0.05, 0) is 55.3 Å². The van der Waals surface area contributed by atoms with E-state index in [4.69, 9.17) is 11.6 Å². The van der Waals surface area contributed by atoms with Crippen LogP contribution in [0.2, 0.25) is 5.02 Å². The van der Waals surface area contributed by atoms with Crippen LogP contribution in [0.3, 0.4) is 0 Å². The Labute approximate surface area is 181 Å². The Hall–Kier alpha value is -2.74. The molecule has 8 heteroatoms. The van der Waals surface area contributed by atoms with Gasteiger partial charge in [-0.2, -0.15) is 4.31 Å².